The Morgan fingerprint density at radius 3 is 2.50 bits per heavy atom. The van der Waals surface area contributed by atoms with Crippen LogP contribution >= 0.6 is 0 Å². The average Bonchev–Trinajstić information content (AvgIpc) is 3.00. The van der Waals surface area contributed by atoms with E-state index in [0.717, 1.165) is 31.2 Å². The van der Waals surface area contributed by atoms with Gasteiger partial charge in [0.2, 0.25) is 0 Å². The van der Waals surface area contributed by atoms with Crippen LogP contribution in [0.15, 0.2) is 30.3 Å². The van der Waals surface area contributed by atoms with Gasteiger partial charge in [0, 0.05) is 0 Å². The Morgan fingerprint density at radius 1 is 1.10 bits per heavy atom. The fraction of sp³-hybridized carbons (Fsp3) is 0.467. The van der Waals surface area contributed by atoms with Gasteiger partial charge in [0.1, 0.15) is 6.61 Å². The molecule has 108 valence electrons. The first kappa shape index (κ1) is 14.4. The minimum Gasteiger partial charge on any atom is -0.445 e. The molecule has 0 saturated heterocycles. The first-order chi connectivity index (χ1) is 9.75. The van der Waals surface area contributed by atoms with Gasteiger partial charge in [-0.1, -0.05) is 43.2 Å². The molecule has 5 nitrogen and oxygen atoms in total. The van der Waals surface area contributed by atoms with Crippen molar-refractivity contribution in [2.24, 2.45) is 5.92 Å². The highest BCUT2D eigenvalue weighted by atomic mass is 16.6. The normalized spacial score (nSPS) is 14.8. The predicted molar refractivity (Wildman–Crippen MR) is 72.7 cm³/mol. The highest BCUT2D eigenvalue weighted by Crippen LogP contribution is 2.25. The fourth-order valence-electron chi connectivity index (χ4n) is 2.22. The molecule has 1 saturated carbocycles. The molecule has 0 atom stereocenters. The summed E-state index contributed by atoms with van der Waals surface area (Å²) in [6.07, 6.45) is 3.33. The minimum atomic E-state index is -0.590. The van der Waals surface area contributed by atoms with Crippen molar-refractivity contribution in [3.8, 4) is 0 Å². The highest BCUT2D eigenvalue weighted by Gasteiger charge is 2.23. The van der Waals surface area contributed by atoms with Gasteiger partial charge in [0.15, 0.2) is 6.73 Å². The Morgan fingerprint density at radius 2 is 1.80 bits per heavy atom. The van der Waals surface area contributed by atoms with E-state index in [1.807, 2.05) is 30.3 Å². The third-order valence-corrected chi connectivity index (χ3v) is 3.33. The Balaban J connectivity index is 1.59. The number of ether oxygens (including phenoxy) is 2. The van der Waals surface area contributed by atoms with Crippen LogP contribution in [0.1, 0.15) is 31.2 Å². The fourth-order valence-corrected chi connectivity index (χ4v) is 2.22. The van der Waals surface area contributed by atoms with Gasteiger partial charge in [-0.2, -0.15) is 0 Å². The summed E-state index contributed by atoms with van der Waals surface area (Å²) in [5, 5.41) is 2.40. The smallest absolute Gasteiger partial charge is 0.410 e. The van der Waals surface area contributed by atoms with E-state index in [-0.39, 0.29) is 25.2 Å². The standard InChI is InChI=1S/C15H19NO4/c17-14(13-8-4-5-9-13)20-11-16-15(18)19-10-12-6-2-1-3-7-12/h1-3,6-7,13H,4-5,8-11H2,(H,16,18). The topological polar surface area (TPSA) is 64.6 Å². The second kappa shape index (κ2) is 7.53. The van der Waals surface area contributed by atoms with Gasteiger partial charge in [0.05, 0.1) is 5.92 Å². The maximum absolute atomic E-state index is 11.6. The van der Waals surface area contributed by atoms with Crippen LogP contribution < -0.4 is 5.32 Å². The number of amides is 1. The van der Waals surface area contributed by atoms with Gasteiger partial charge in [-0.3, -0.25) is 10.1 Å². The van der Waals surface area contributed by atoms with Crippen LogP contribution in [-0.2, 0) is 20.9 Å². The zero-order valence-corrected chi connectivity index (χ0v) is 11.3. The number of nitrogens with one attached hydrogen (secondary N) is 1. The maximum Gasteiger partial charge on any atom is 0.410 e. The summed E-state index contributed by atoms with van der Waals surface area (Å²) in [6.45, 7) is 0.0617. The molecule has 1 fully saturated rings. The number of hydrogen-bond acceptors (Lipinski definition) is 4. The summed E-state index contributed by atoms with van der Waals surface area (Å²) in [5.41, 5.74) is 0.908. The molecule has 5 heteroatoms. The van der Waals surface area contributed by atoms with E-state index in [9.17, 15) is 9.59 Å². The number of carbonyl (C=O) groups excluding carboxylic acids is 2. The summed E-state index contributed by atoms with van der Waals surface area (Å²) in [4.78, 5) is 23.0. The van der Waals surface area contributed by atoms with Gasteiger partial charge >= 0.3 is 12.1 Å². The number of esters is 1. The van der Waals surface area contributed by atoms with Crippen LogP contribution in [0.3, 0.4) is 0 Å². The Kier molecular flexibility index (Phi) is 5.41. The monoisotopic (exact) mass is 277 g/mol. The van der Waals surface area contributed by atoms with Crippen molar-refractivity contribution >= 4 is 12.1 Å². The summed E-state index contributed by atoms with van der Waals surface area (Å²) < 4.78 is 9.99. The van der Waals surface area contributed by atoms with Gasteiger partial charge in [-0.25, -0.2) is 4.79 Å². The lowest BCUT2D eigenvalue weighted by Crippen LogP contribution is -2.29. The molecule has 0 aliphatic heterocycles. The largest absolute Gasteiger partial charge is 0.445 e. The van der Waals surface area contributed by atoms with E-state index in [0.29, 0.717) is 0 Å². The Bertz CT molecular complexity index is 440. The second-order valence-electron chi connectivity index (χ2n) is 4.83. The van der Waals surface area contributed by atoms with E-state index >= 15 is 0 Å². The maximum atomic E-state index is 11.6. The van der Waals surface area contributed by atoms with Gasteiger partial charge in [0.25, 0.3) is 0 Å². The van der Waals surface area contributed by atoms with E-state index in [1.165, 1.54) is 0 Å². The summed E-state index contributed by atoms with van der Waals surface area (Å²) in [7, 11) is 0. The van der Waals surface area contributed by atoms with Crippen molar-refractivity contribution in [2.75, 3.05) is 6.73 Å². The molecule has 20 heavy (non-hydrogen) atoms. The molecule has 0 aromatic heterocycles. The van der Waals surface area contributed by atoms with Crippen molar-refractivity contribution in [2.45, 2.75) is 32.3 Å². The van der Waals surface area contributed by atoms with Gasteiger partial charge in [-0.05, 0) is 18.4 Å². The van der Waals surface area contributed by atoms with Crippen LogP contribution in [0.25, 0.3) is 0 Å². The molecule has 0 unspecified atom stereocenters. The lowest BCUT2D eigenvalue weighted by Gasteiger charge is -2.10. The van der Waals surface area contributed by atoms with E-state index in [2.05, 4.69) is 5.32 Å². The molecule has 1 aromatic rings. The Labute approximate surface area is 118 Å². The molecule has 0 bridgehead atoms. The van der Waals surface area contributed by atoms with Crippen molar-refractivity contribution in [3.05, 3.63) is 35.9 Å². The molecule has 1 aromatic carbocycles. The third-order valence-electron chi connectivity index (χ3n) is 3.33. The van der Waals surface area contributed by atoms with Crippen molar-refractivity contribution in [3.63, 3.8) is 0 Å². The number of rotatable bonds is 5. The van der Waals surface area contributed by atoms with Crippen LogP contribution in [0, 0.1) is 5.92 Å². The third kappa shape index (κ3) is 4.57. The van der Waals surface area contributed by atoms with E-state index in [1.54, 1.807) is 0 Å². The van der Waals surface area contributed by atoms with Crippen molar-refractivity contribution in [1.82, 2.24) is 5.32 Å². The number of benzene rings is 1. The minimum absolute atomic E-state index is 0.00265. The molecule has 1 aliphatic carbocycles. The predicted octanol–water partition coefficient (Wildman–Crippen LogP) is 2.60. The summed E-state index contributed by atoms with van der Waals surface area (Å²) in [6, 6.07) is 9.38. The molecule has 1 N–H and O–H groups in total. The lowest BCUT2D eigenvalue weighted by molar-refractivity contribution is -0.148. The van der Waals surface area contributed by atoms with Crippen LogP contribution in [0.4, 0.5) is 4.79 Å². The van der Waals surface area contributed by atoms with Crippen molar-refractivity contribution < 1.29 is 19.1 Å². The van der Waals surface area contributed by atoms with E-state index < -0.39 is 6.09 Å². The molecule has 0 spiro atoms. The number of carbonyl (C=O) groups is 2. The van der Waals surface area contributed by atoms with E-state index in [4.69, 9.17) is 9.47 Å². The van der Waals surface area contributed by atoms with Gasteiger partial charge in [-0.15, -0.1) is 0 Å². The number of hydrogen-bond donors (Lipinski definition) is 1. The molecular formula is C15H19NO4. The molecule has 2 rings (SSSR count). The first-order valence-electron chi connectivity index (χ1n) is 6.87. The second-order valence-corrected chi connectivity index (χ2v) is 4.83. The van der Waals surface area contributed by atoms with Crippen molar-refractivity contribution in [1.29, 1.82) is 0 Å². The number of alkyl carbamates (subject to hydrolysis) is 1. The van der Waals surface area contributed by atoms with Crippen LogP contribution in [0.5, 0.6) is 0 Å². The molecule has 1 aliphatic rings. The quantitative estimate of drug-likeness (QED) is 0.663. The highest BCUT2D eigenvalue weighted by molar-refractivity contribution is 5.73. The SMILES string of the molecule is O=C(NCOC(=O)C1CCCC1)OCc1ccccc1. The first-order valence-corrected chi connectivity index (χ1v) is 6.87. The molecule has 0 radical (unpaired) electrons. The molecule has 0 heterocycles. The van der Waals surface area contributed by atoms with Gasteiger partial charge < -0.3 is 9.47 Å². The zero-order valence-electron chi connectivity index (χ0n) is 11.3. The lowest BCUT2D eigenvalue weighted by atomic mass is 10.1. The molecular weight excluding hydrogens is 258 g/mol. The average molecular weight is 277 g/mol. The zero-order chi connectivity index (χ0) is 14.2. The summed E-state index contributed by atoms with van der Waals surface area (Å²) >= 11 is 0. The summed E-state index contributed by atoms with van der Waals surface area (Å²) in [5.74, 6) is -0.233. The van der Waals surface area contributed by atoms with Crippen LogP contribution in [0.2, 0.25) is 0 Å². The Hall–Kier alpha value is -2.04. The van der Waals surface area contributed by atoms with Crippen LogP contribution in [-0.4, -0.2) is 18.8 Å². The molecule has 1 amide bonds.